The zero-order valence-electron chi connectivity index (χ0n) is 21.3. The lowest BCUT2D eigenvalue weighted by atomic mass is 10.1. The van der Waals surface area contributed by atoms with Gasteiger partial charge in [-0.1, -0.05) is 12.1 Å². The highest BCUT2D eigenvalue weighted by molar-refractivity contribution is 6.35. The number of nitrogens with zero attached hydrogens (tertiary/aromatic N) is 2. The van der Waals surface area contributed by atoms with E-state index in [0.29, 0.717) is 13.0 Å². The number of carbonyl (C=O) groups excluding carboxylic acids is 2. The summed E-state index contributed by atoms with van der Waals surface area (Å²) in [5.74, 6) is 1.08. The molecule has 1 aliphatic rings. The van der Waals surface area contributed by atoms with Gasteiger partial charge in [0.2, 0.25) is 0 Å². The lowest BCUT2D eigenvalue weighted by molar-refractivity contribution is -0.139. The number of carbonyl (C=O) groups is 2. The van der Waals surface area contributed by atoms with Crippen LogP contribution >= 0.6 is 0 Å². The molecule has 0 bridgehead atoms. The van der Waals surface area contributed by atoms with E-state index in [1.54, 1.807) is 20.5 Å². The first-order valence-corrected chi connectivity index (χ1v) is 12.4. The van der Waals surface area contributed by atoms with Crippen LogP contribution in [0.4, 0.5) is 5.69 Å². The van der Waals surface area contributed by atoms with Crippen molar-refractivity contribution in [3.8, 4) is 11.5 Å². The molecular formula is C28H34N4O5. The predicted octanol–water partition coefficient (Wildman–Crippen LogP) is 2.64. The van der Waals surface area contributed by atoms with Crippen molar-refractivity contribution in [3.63, 3.8) is 0 Å². The molecule has 0 saturated carbocycles. The van der Waals surface area contributed by atoms with Gasteiger partial charge in [0, 0.05) is 45.0 Å². The first kappa shape index (κ1) is 26.1. The van der Waals surface area contributed by atoms with Gasteiger partial charge in [0.15, 0.2) is 0 Å². The quantitative estimate of drug-likeness (QED) is 0.408. The molecule has 1 aromatic heterocycles. The maximum absolute atomic E-state index is 12.5. The highest BCUT2D eigenvalue weighted by Gasteiger charge is 2.28. The number of furan rings is 1. The number of ether oxygens (including phenoxy) is 2. The van der Waals surface area contributed by atoms with E-state index >= 15 is 0 Å². The van der Waals surface area contributed by atoms with Crippen LogP contribution < -0.4 is 25.0 Å². The summed E-state index contributed by atoms with van der Waals surface area (Å²) < 4.78 is 16.1. The Morgan fingerprint density at radius 1 is 0.865 bits per heavy atom. The summed E-state index contributed by atoms with van der Waals surface area (Å²) in [7, 11) is 3.28. The molecule has 37 heavy (non-hydrogen) atoms. The average molecular weight is 507 g/mol. The van der Waals surface area contributed by atoms with Gasteiger partial charge >= 0.3 is 11.8 Å². The van der Waals surface area contributed by atoms with Gasteiger partial charge in [-0.15, -0.1) is 0 Å². The Hall–Kier alpha value is -3.98. The third-order valence-corrected chi connectivity index (χ3v) is 6.58. The van der Waals surface area contributed by atoms with Crippen molar-refractivity contribution in [2.24, 2.45) is 0 Å². The van der Waals surface area contributed by atoms with E-state index in [4.69, 9.17) is 13.9 Å². The molecule has 196 valence electrons. The second kappa shape index (κ2) is 12.8. The van der Waals surface area contributed by atoms with Crippen LogP contribution in [0, 0.1) is 0 Å². The molecule has 2 amide bonds. The van der Waals surface area contributed by atoms with Gasteiger partial charge in [-0.05, 0) is 60.5 Å². The largest absolute Gasteiger partial charge is 0.497 e. The summed E-state index contributed by atoms with van der Waals surface area (Å²) in [6.45, 7) is 3.91. The SMILES string of the molecule is COc1ccc(CCNC(=O)C(=O)NC[C@@H](c2ccco2)N2CCN(c3ccc(OC)cc3)CC2)cc1. The summed E-state index contributed by atoms with van der Waals surface area (Å²) in [5.41, 5.74) is 2.20. The van der Waals surface area contributed by atoms with Gasteiger partial charge in [-0.25, -0.2) is 0 Å². The number of hydrogen-bond acceptors (Lipinski definition) is 7. The second-order valence-corrected chi connectivity index (χ2v) is 8.82. The molecule has 2 heterocycles. The van der Waals surface area contributed by atoms with Crippen molar-refractivity contribution in [2.75, 3.05) is 58.4 Å². The minimum atomic E-state index is -0.650. The topological polar surface area (TPSA) is 96.3 Å². The van der Waals surface area contributed by atoms with E-state index in [1.165, 1.54) is 0 Å². The van der Waals surface area contributed by atoms with Crippen molar-refractivity contribution in [2.45, 2.75) is 12.5 Å². The van der Waals surface area contributed by atoms with Crippen LogP contribution in [-0.4, -0.2) is 70.2 Å². The summed E-state index contributed by atoms with van der Waals surface area (Å²) in [6.07, 6.45) is 2.25. The molecular weight excluding hydrogens is 472 g/mol. The van der Waals surface area contributed by atoms with Crippen LogP contribution in [0.15, 0.2) is 71.3 Å². The number of amides is 2. The number of methoxy groups -OCH3 is 2. The monoisotopic (exact) mass is 506 g/mol. The maximum atomic E-state index is 12.5. The van der Waals surface area contributed by atoms with Crippen LogP contribution in [0.2, 0.25) is 0 Å². The van der Waals surface area contributed by atoms with Gasteiger partial charge in [0.1, 0.15) is 17.3 Å². The third kappa shape index (κ3) is 7.04. The van der Waals surface area contributed by atoms with E-state index in [2.05, 4.69) is 32.6 Å². The Balaban J connectivity index is 1.26. The molecule has 1 atom stereocenters. The summed E-state index contributed by atoms with van der Waals surface area (Å²) in [4.78, 5) is 29.5. The zero-order chi connectivity index (χ0) is 26.0. The molecule has 0 aliphatic carbocycles. The summed E-state index contributed by atoms with van der Waals surface area (Å²) >= 11 is 0. The third-order valence-electron chi connectivity index (χ3n) is 6.58. The standard InChI is InChI=1S/C28H34N4O5/c1-35-23-9-5-21(6-10-23)13-14-29-27(33)28(34)30-20-25(26-4-3-19-37-26)32-17-15-31(16-18-32)22-7-11-24(36-2)12-8-22/h3-12,19,25H,13-18,20H2,1-2H3,(H,29,33)(H,30,34)/t25-/m0/s1. The number of anilines is 1. The van der Waals surface area contributed by atoms with Crippen LogP contribution in [0.3, 0.4) is 0 Å². The number of piperazine rings is 1. The van der Waals surface area contributed by atoms with Crippen LogP contribution in [-0.2, 0) is 16.0 Å². The van der Waals surface area contributed by atoms with Crippen molar-refractivity contribution < 1.29 is 23.5 Å². The molecule has 9 heteroatoms. The van der Waals surface area contributed by atoms with Gasteiger partial charge < -0.3 is 29.4 Å². The minimum absolute atomic E-state index is 0.163. The first-order valence-electron chi connectivity index (χ1n) is 12.4. The molecule has 3 aromatic rings. The van der Waals surface area contributed by atoms with Gasteiger partial charge in [0.25, 0.3) is 0 Å². The van der Waals surface area contributed by atoms with Gasteiger partial charge in [-0.2, -0.15) is 0 Å². The van der Waals surface area contributed by atoms with Crippen molar-refractivity contribution in [1.29, 1.82) is 0 Å². The minimum Gasteiger partial charge on any atom is -0.497 e. The van der Waals surface area contributed by atoms with E-state index in [9.17, 15) is 9.59 Å². The Bertz CT molecular complexity index is 1120. The fourth-order valence-electron chi connectivity index (χ4n) is 4.44. The summed E-state index contributed by atoms with van der Waals surface area (Å²) in [5, 5.41) is 5.49. The molecule has 2 aromatic carbocycles. The molecule has 0 spiro atoms. The van der Waals surface area contributed by atoms with E-state index in [1.807, 2.05) is 48.5 Å². The number of benzene rings is 2. The second-order valence-electron chi connectivity index (χ2n) is 8.82. The lowest BCUT2D eigenvalue weighted by Gasteiger charge is -2.39. The Morgan fingerprint density at radius 3 is 2.08 bits per heavy atom. The molecule has 2 N–H and O–H groups in total. The molecule has 9 nitrogen and oxygen atoms in total. The first-order chi connectivity index (χ1) is 18.1. The van der Waals surface area contributed by atoms with E-state index < -0.39 is 11.8 Å². The maximum Gasteiger partial charge on any atom is 0.309 e. The van der Waals surface area contributed by atoms with Crippen LogP contribution in [0.25, 0.3) is 0 Å². The lowest BCUT2D eigenvalue weighted by Crippen LogP contribution is -2.50. The molecule has 1 fully saturated rings. The number of nitrogens with one attached hydrogen (secondary N) is 2. The van der Waals surface area contributed by atoms with Crippen molar-refractivity contribution in [3.05, 3.63) is 78.3 Å². The van der Waals surface area contributed by atoms with Crippen LogP contribution in [0.1, 0.15) is 17.4 Å². The van der Waals surface area contributed by atoms with Crippen molar-refractivity contribution in [1.82, 2.24) is 15.5 Å². The number of hydrogen-bond donors (Lipinski definition) is 2. The molecule has 4 rings (SSSR count). The Kier molecular flexibility index (Phi) is 9.04. The fourth-order valence-corrected chi connectivity index (χ4v) is 4.44. The highest BCUT2D eigenvalue weighted by atomic mass is 16.5. The smallest absolute Gasteiger partial charge is 0.309 e. The average Bonchev–Trinajstić information content (AvgIpc) is 3.48. The number of rotatable bonds is 10. The summed E-state index contributed by atoms with van der Waals surface area (Å²) in [6, 6.07) is 19.2. The Morgan fingerprint density at radius 2 is 1.49 bits per heavy atom. The van der Waals surface area contributed by atoms with Crippen molar-refractivity contribution >= 4 is 17.5 Å². The Labute approximate surface area is 217 Å². The van der Waals surface area contributed by atoms with Crippen LogP contribution in [0.5, 0.6) is 11.5 Å². The van der Waals surface area contributed by atoms with Gasteiger partial charge in [-0.3, -0.25) is 14.5 Å². The molecule has 1 saturated heterocycles. The van der Waals surface area contributed by atoms with Gasteiger partial charge in [0.05, 0.1) is 26.5 Å². The van der Waals surface area contributed by atoms with E-state index in [-0.39, 0.29) is 12.6 Å². The van der Waals surface area contributed by atoms with E-state index in [0.717, 1.165) is 54.7 Å². The fraction of sp³-hybridized carbons (Fsp3) is 0.357. The molecule has 1 aliphatic heterocycles. The molecule has 0 radical (unpaired) electrons. The normalized spacial score (nSPS) is 14.6. The zero-order valence-corrected chi connectivity index (χ0v) is 21.3. The molecule has 0 unspecified atom stereocenters. The highest BCUT2D eigenvalue weighted by Crippen LogP contribution is 2.25. The predicted molar refractivity (Wildman–Crippen MR) is 141 cm³/mol.